The monoisotopic (exact) mass is 241 g/mol. The lowest BCUT2D eigenvalue weighted by atomic mass is 10.2. The second-order valence-corrected chi connectivity index (χ2v) is 3.65. The van der Waals surface area contributed by atoms with Crippen molar-refractivity contribution in [2.45, 2.75) is 6.92 Å². The third-order valence-corrected chi connectivity index (χ3v) is 2.31. The highest BCUT2D eigenvalue weighted by atomic mass is 35.5. The molecule has 0 bridgehead atoms. The van der Waals surface area contributed by atoms with Gasteiger partial charge in [-0.25, -0.2) is 0 Å². The fourth-order valence-corrected chi connectivity index (χ4v) is 1.16. The van der Waals surface area contributed by atoms with Crippen LogP contribution in [0, 0.1) is 11.3 Å². The van der Waals surface area contributed by atoms with Crippen LogP contribution in [-0.2, 0) is 0 Å². The van der Waals surface area contributed by atoms with Crippen molar-refractivity contribution in [3.05, 3.63) is 39.9 Å². The Labute approximate surface area is 98.7 Å². The van der Waals surface area contributed by atoms with Gasteiger partial charge in [-0.2, -0.15) is 5.26 Å². The van der Waals surface area contributed by atoms with Crippen LogP contribution in [0.3, 0.4) is 0 Å². The van der Waals surface area contributed by atoms with Crippen molar-refractivity contribution < 1.29 is 4.74 Å². The number of benzene rings is 1. The molecule has 1 aromatic rings. The first-order valence-electron chi connectivity index (χ1n) is 4.25. The van der Waals surface area contributed by atoms with E-state index < -0.39 is 0 Å². The normalized spacial score (nSPS) is 10.9. The Kier molecular flexibility index (Phi) is 4.48. The van der Waals surface area contributed by atoms with Crippen molar-refractivity contribution in [1.29, 1.82) is 5.26 Å². The van der Waals surface area contributed by atoms with Gasteiger partial charge in [0, 0.05) is 16.6 Å². The molecule has 0 unspecified atom stereocenters. The van der Waals surface area contributed by atoms with E-state index in [1.54, 1.807) is 18.2 Å². The van der Waals surface area contributed by atoms with Crippen LogP contribution in [0.5, 0.6) is 5.75 Å². The summed E-state index contributed by atoms with van der Waals surface area (Å²) in [5.74, 6) is 0.475. The van der Waals surface area contributed by atoms with Crippen molar-refractivity contribution in [1.82, 2.24) is 0 Å². The smallest absolute Gasteiger partial charge is 0.139 e. The van der Waals surface area contributed by atoms with Crippen molar-refractivity contribution >= 4 is 23.2 Å². The number of nitrogens with zero attached hydrogens (tertiary/aromatic N) is 1. The molecule has 0 fully saturated rings. The minimum absolute atomic E-state index is 0.346. The zero-order chi connectivity index (χ0) is 11.3. The quantitative estimate of drug-likeness (QED) is 0.808. The summed E-state index contributed by atoms with van der Waals surface area (Å²) < 4.78 is 5.40. The summed E-state index contributed by atoms with van der Waals surface area (Å²) in [5.41, 5.74) is 2.78. The van der Waals surface area contributed by atoms with Gasteiger partial charge in [0.1, 0.15) is 18.4 Å². The molecule has 1 rings (SSSR count). The number of hydrogen-bond donors (Lipinski definition) is 0. The van der Waals surface area contributed by atoms with Gasteiger partial charge in [-0.05, 0) is 24.6 Å². The van der Waals surface area contributed by atoms with Crippen LogP contribution >= 0.6 is 23.2 Å². The Morgan fingerprint density at radius 2 is 2.33 bits per heavy atom. The first-order valence-corrected chi connectivity index (χ1v) is 5.07. The lowest BCUT2D eigenvalue weighted by Gasteiger charge is -2.07. The minimum Gasteiger partial charge on any atom is -0.488 e. The Balaban J connectivity index is 2.84. The standard InChI is InChI=1S/C11H9Cl2NO/c1-8(5-12)7-15-11-4-10(13)3-2-9(11)6-14/h2-5H,7H2,1H3/b8-5-. The molecule has 0 aromatic heterocycles. The molecule has 0 saturated heterocycles. The first-order chi connectivity index (χ1) is 7.17. The fourth-order valence-electron chi connectivity index (χ4n) is 0.931. The van der Waals surface area contributed by atoms with Gasteiger partial charge in [0.05, 0.1) is 5.56 Å². The lowest BCUT2D eigenvalue weighted by Crippen LogP contribution is -1.99. The molecule has 0 radical (unpaired) electrons. The van der Waals surface area contributed by atoms with E-state index in [-0.39, 0.29) is 0 Å². The predicted octanol–water partition coefficient (Wildman–Crippen LogP) is 3.73. The Bertz CT molecular complexity index is 421. The second-order valence-electron chi connectivity index (χ2n) is 3.00. The van der Waals surface area contributed by atoms with Crippen molar-refractivity contribution in [2.75, 3.05) is 6.61 Å². The van der Waals surface area contributed by atoms with Gasteiger partial charge in [-0.3, -0.25) is 0 Å². The van der Waals surface area contributed by atoms with Gasteiger partial charge in [-0.15, -0.1) is 0 Å². The molecule has 0 spiro atoms. The summed E-state index contributed by atoms with van der Waals surface area (Å²) in [5, 5.41) is 9.36. The van der Waals surface area contributed by atoms with E-state index in [0.29, 0.717) is 22.9 Å². The Morgan fingerprint density at radius 3 is 2.93 bits per heavy atom. The second kappa shape index (κ2) is 5.65. The molecule has 15 heavy (non-hydrogen) atoms. The highest BCUT2D eigenvalue weighted by Crippen LogP contribution is 2.23. The summed E-state index contributed by atoms with van der Waals surface area (Å²) >= 11 is 11.3. The van der Waals surface area contributed by atoms with Crippen LogP contribution in [0.1, 0.15) is 12.5 Å². The molecule has 0 heterocycles. The van der Waals surface area contributed by atoms with Crippen molar-refractivity contribution in [3.63, 3.8) is 0 Å². The van der Waals surface area contributed by atoms with Gasteiger partial charge in [0.25, 0.3) is 0 Å². The van der Waals surface area contributed by atoms with Crippen LogP contribution in [0.25, 0.3) is 0 Å². The Morgan fingerprint density at radius 1 is 1.60 bits per heavy atom. The zero-order valence-electron chi connectivity index (χ0n) is 8.13. The maximum atomic E-state index is 8.82. The molecule has 0 N–H and O–H groups in total. The van der Waals surface area contributed by atoms with E-state index in [0.717, 1.165) is 5.57 Å². The molecule has 2 nitrogen and oxygen atoms in total. The van der Waals surface area contributed by atoms with Gasteiger partial charge >= 0.3 is 0 Å². The molecule has 0 aliphatic heterocycles. The van der Waals surface area contributed by atoms with Gasteiger partial charge in [-0.1, -0.05) is 23.2 Å². The molecule has 78 valence electrons. The summed E-state index contributed by atoms with van der Waals surface area (Å²) in [6, 6.07) is 6.91. The van der Waals surface area contributed by atoms with E-state index in [2.05, 4.69) is 0 Å². The molecule has 0 aliphatic rings. The average molecular weight is 242 g/mol. The number of ether oxygens (including phenoxy) is 1. The summed E-state index contributed by atoms with van der Waals surface area (Å²) in [4.78, 5) is 0. The summed E-state index contributed by atoms with van der Waals surface area (Å²) in [6.45, 7) is 2.18. The van der Waals surface area contributed by atoms with Crippen LogP contribution in [0.15, 0.2) is 29.3 Å². The minimum atomic E-state index is 0.346. The number of nitriles is 1. The summed E-state index contributed by atoms with van der Waals surface area (Å²) in [6.07, 6.45) is 0. The third-order valence-electron chi connectivity index (χ3n) is 1.71. The van der Waals surface area contributed by atoms with Gasteiger partial charge in [0.15, 0.2) is 0 Å². The van der Waals surface area contributed by atoms with Crippen LogP contribution in [0.4, 0.5) is 0 Å². The van der Waals surface area contributed by atoms with Crippen molar-refractivity contribution in [2.24, 2.45) is 0 Å². The van der Waals surface area contributed by atoms with Gasteiger partial charge in [0.2, 0.25) is 0 Å². The summed E-state index contributed by atoms with van der Waals surface area (Å²) in [7, 11) is 0. The maximum Gasteiger partial charge on any atom is 0.139 e. The van der Waals surface area contributed by atoms with E-state index in [1.165, 1.54) is 5.54 Å². The van der Waals surface area contributed by atoms with E-state index >= 15 is 0 Å². The highest BCUT2D eigenvalue weighted by Gasteiger charge is 2.04. The molecule has 1 aromatic carbocycles. The number of halogens is 2. The Hall–Kier alpha value is -1.17. The topological polar surface area (TPSA) is 33.0 Å². The van der Waals surface area contributed by atoms with Crippen molar-refractivity contribution in [3.8, 4) is 11.8 Å². The van der Waals surface area contributed by atoms with E-state index in [1.807, 2.05) is 13.0 Å². The highest BCUT2D eigenvalue weighted by molar-refractivity contribution is 6.30. The number of rotatable bonds is 3. The van der Waals surface area contributed by atoms with E-state index in [9.17, 15) is 0 Å². The van der Waals surface area contributed by atoms with Crippen LogP contribution in [0.2, 0.25) is 5.02 Å². The fraction of sp³-hybridized carbons (Fsp3) is 0.182. The van der Waals surface area contributed by atoms with Crippen LogP contribution in [-0.4, -0.2) is 6.61 Å². The third kappa shape index (κ3) is 3.47. The lowest BCUT2D eigenvalue weighted by molar-refractivity contribution is 0.351. The van der Waals surface area contributed by atoms with E-state index in [4.69, 9.17) is 33.2 Å². The molecule has 0 saturated carbocycles. The average Bonchev–Trinajstić information content (AvgIpc) is 2.26. The molecular weight excluding hydrogens is 233 g/mol. The number of hydrogen-bond acceptors (Lipinski definition) is 2. The first kappa shape index (κ1) is 11.9. The molecular formula is C11H9Cl2NO. The predicted molar refractivity (Wildman–Crippen MR) is 61.3 cm³/mol. The van der Waals surface area contributed by atoms with Gasteiger partial charge < -0.3 is 4.74 Å². The SMILES string of the molecule is C/C(=C/Cl)COc1cc(Cl)ccc1C#N. The zero-order valence-corrected chi connectivity index (χ0v) is 9.64. The largest absolute Gasteiger partial charge is 0.488 e. The van der Waals surface area contributed by atoms with Crippen LogP contribution < -0.4 is 4.74 Å². The molecule has 4 heteroatoms. The maximum absolute atomic E-state index is 8.82. The molecule has 0 amide bonds. The molecule has 0 aliphatic carbocycles. The molecule has 0 atom stereocenters.